The minimum atomic E-state index is -0.353. The van der Waals surface area contributed by atoms with E-state index in [4.69, 9.17) is 0 Å². The average Bonchev–Trinajstić information content (AvgIpc) is 3.08. The first-order chi connectivity index (χ1) is 12.5. The summed E-state index contributed by atoms with van der Waals surface area (Å²) in [6, 6.07) is 17.3. The fourth-order valence-corrected chi connectivity index (χ4v) is 3.26. The first kappa shape index (κ1) is 18.0. The van der Waals surface area contributed by atoms with Crippen LogP contribution in [0.3, 0.4) is 0 Å². The second kappa shape index (κ2) is 8.04. The van der Waals surface area contributed by atoms with Gasteiger partial charge in [-0.3, -0.25) is 9.59 Å². The number of nitrogens with zero attached hydrogens (tertiary/aromatic N) is 2. The van der Waals surface area contributed by atoms with Crippen LogP contribution in [0.1, 0.15) is 25.3 Å². The molecule has 1 atom stereocenters. The first-order valence-corrected chi connectivity index (χ1v) is 9.00. The van der Waals surface area contributed by atoms with E-state index in [0.29, 0.717) is 13.0 Å². The topological polar surface area (TPSA) is 52.7 Å². The Hall–Kier alpha value is -2.82. The molecule has 1 aliphatic rings. The predicted molar refractivity (Wildman–Crippen MR) is 104 cm³/mol. The molecule has 5 heteroatoms. The number of anilines is 2. The highest BCUT2D eigenvalue weighted by molar-refractivity contribution is 5.95. The van der Waals surface area contributed by atoms with Gasteiger partial charge in [-0.25, -0.2) is 0 Å². The molecule has 1 N–H and O–H groups in total. The lowest BCUT2D eigenvalue weighted by molar-refractivity contribution is -0.130. The highest BCUT2D eigenvalue weighted by atomic mass is 16.2. The Bertz CT molecular complexity index is 776. The third-order valence-electron chi connectivity index (χ3n) is 4.62. The molecule has 2 aromatic carbocycles. The molecule has 0 aliphatic carbocycles. The van der Waals surface area contributed by atoms with Gasteiger partial charge in [-0.05, 0) is 37.1 Å². The maximum atomic E-state index is 12.6. The summed E-state index contributed by atoms with van der Waals surface area (Å²) in [4.78, 5) is 28.1. The van der Waals surface area contributed by atoms with Gasteiger partial charge in [-0.15, -0.1) is 0 Å². The van der Waals surface area contributed by atoms with E-state index in [0.717, 1.165) is 29.9 Å². The number of carbonyl (C=O) groups is 2. The van der Waals surface area contributed by atoms with Crippen LogP contribution in [0.5, 0.6) is 0 Å². The minimum absolute atomic E-state index is 0.0245. The van der Waals surface area contributed by atoms with Gasteiger partial charge < -0.3 is 15.1 Å². The van der Waals surface area contributed by atoms with Crippen LogP contribution in [0.25, 0.3) is 0 Å². The van der Waals surface area contributed by atoms with E-state index >= 15 is 0 Å². The Labute approximate surface area is 154 Å². The molecule has 1 saturated heterocycles. The van der Waals surface area contributed by atoms with Gasteiger partial charge in [-0.1, -0.05) is 36.4 Å². The highest BCUT2D eigenvalue weighted by Gasteiger charge is 2.22. The van der Waals surface area contributed by atoms with E-state index in [1.54, 1.807) is 9.80 Å². The van der Waals surface area contributed by atoms with Gasteiger partial charge in [0.1, 0.15) is 6.04 Å². The fraction of sp³-hybridized carbons (Fsp3) is 0.333. The molecule has 0 bridgehead atoms. The van der Waals surface area contributed by atoms with Gasteiger partial charge in [0.2, 0.25) is 11.8 Å². The number of nitrogens with one attached hydrogen (secondary N) is 1. The van der Waals surface area contributed by atoms with Gasteiger partial charge in [0.25, 0.3) is 0 Å². The van der Waals surface area contributed by atoms with Crippen molar-refractivity contribution >= 4 is 23.2 Å². The maximum absolute atomic E-state index is 12.6. The molecule has 5 nitrogen and oxygen atoms in total. The van der Waals surface area contributed by atoms with E-state index in [2.05, 4.69) is 5.32 Å². The summed E-state index contributed by atoms with van der Waals surface area (Å²) in [7, 11) is 1.81. The lowest BCUT2D eigenvalue weighted by Gasteiger charge is -2.23. The van der Waals surface area contributed by atoms with E-state index in [9.17, 15) is 9.59 Å². The van der Waals surface area contributed by atoms with Crippen LogP contribution in [0, 0.1) is 0 Å². The number of hydrogen-bond donors (Lipinski definition) is 1. The second-order valence-electron chi connectivity index (χ2n) is 6.75. The largest absolute Gasteiger partial charge is 0.374 e. The van der Waals surface area contributed by atoms with Crippen molar-refractivity contribution in [2.24, 2.45) is 0 Å². The molecule has 1 fully saturated rings. The summed E-state index contributed by atoms with van der Waals surface area (Å²) in [6.07, 6.45) is 1.51. The zero-order valence-electron chi connectivity index (χ0n) is 15.3. The maximum Gasteiger partial charge on any atom is 0.244 e. The van der Waals surface area contributed by atoms with Crippen LogP contribution < -0.4 is 10.2 Å². The zero-order chi connectivity index (χ0) is 18.5. The normalized spacial score (nSPS) is 15.0. The number of likely N-dealkylation sites (N-methyl/N-ethyl adjacent to an activating group) is 1. The summed E-state index contributed by atoms with van der Waals surface area (Å²) < 4.78 is 0. The van der Waals surface area contributed by atoms with E-state index in [1.165, 1.54) is 0 Å². The van der Waals surface area contributed by atoms with Crippen molar-refractivity contribution in [3.8, 4) is 0 Å². The molecule has 3 rings (SSSR count). The number of benzene rings is 2. The molecule has 0 aromatic heterocycles. The molecule has 0 spiro atoms. The van der Waals surface area contributed by atoms with Crippen molar-refractivity contribution in [2.75, 3.05) is 23.8 Å². The lowest BCUT2D eigenvalue weighted by Crippen LogP contribution is -2.38. The Morgan fingerprint density at radius 2 is 1.96 bits per heavy atom. The van der Waals surface area contributed by atoms with Crippen LogP contribution in [-0.4, -0.2) is 36.3 Å². The van der Waals surface area contributed by atoms with E-state index in [-0.39, 0.29) is 17.9 Å². The SMILES string of the molecule is CC(Nc1cccc(N2CCCC2=O)c1)C(=O)N(C)Cc1ccccc1. The molecule has 2 aromatic rings. The van der Waals surface area contributed by atoms with Crippen LogP contribution in [0.4, 0.5) is 11.4 Å². The standard InChI is InChI=1S/C21H25N3O2/c1-16(21(26)23(2)15-17-8-4-3-5-9-17)22-18-10-6-11-19(14-18)24-13-7-12-20(24)25/h3-6,8-11,14,16,22H,7,12-13,15H2,1-2H3. The third-order valence-corrected chi connectivity index (χ3v) is 4.62. The van der Waals surface area contributed by atoms with Gasteiger partial charge in [0.05, 0.1) is 0 Å². The monoisotopic (exact) mass is 351 g/mol. The zero-order valence-corrected chi connectivity index (χ0v) is 15.3. The summed E-state index contributed by atoms with van der Waals surface area (Å²) in [5.41, 5.74) is 2.83. The molecule has 1 heterocycles. The number of hydrogen-bond acceptors (Lipinski definition) is 3. The number of amides is 2. The van der Waals surface area contributed by atoms with Crippen molar-refractivity contribution in [1.29, 1.82) is 0 Å². The van der Waals surface area contributed by atoms with Gasteiger partial charge in [0.15, 0.2) is 0 Å². The predicted octanol–water partition coefficient (Wildman–Crippen LogP) is 3.27. The Morgan fingerprint density at radius 3 is 2.65 bits per heavy atom. The Balaban J connectivity index is 1.62. The summed E-state index contributed by atoms with van der Waals surface area (Å²) in [6.45, 7) is 3.20. The molecule has 26 heavy (non-hydrogen) atoms. The Kier molecular flexibility index (Phi) is 5.56. The summed E-state index contributed by atoms with van der Waals surface area (Å²) >= 11 is 0. The quantitative estimate of drug-likeness (QED) is 0.869. The van der Waals surface area contributed by atoms with Crippen molar-refractivity contribution < 1.29 is 9.59 Å². The van der Waals surface area contributed by atoms with Crippen molar-refractivity contribution in [3.63, 3.8) is 0 Å². The first-order valence-electron chi connectivity index (χ1n) is 9.00. The smallest absolute Gasteiger partial charge is 0.244 e. The molecule has 0 saturated carbocycles. The van der Waals surface area contributed by atoms with Crippen LogP contribution in [0.2, 0.25) is 0 Å². The number of rotatable bonds is 6. The molecule has 2 amide bonds. The molecule has 1 aliphatic heterocycles. The summed E-state index contributed by atoms with van der Waals surface area (Å²) in [5.74, 6) is 0.186. The molecule has 1 unspecified atom stereocenters. The molecule has 0 radical (unpaired) electrons. The van der Waals surface area contributed by atoms with E-state index in [1.807, 2.05) is 68.6 Å². The third kappa shape index (κ3) is 4.23. The van der Waals surface area contributed by atoms with Crippen molar-refractivity contribution in [1.82, 2.24) is 4.90 Å². The van der Waals surface area contributed by atoms with Gasteiger partial charge in [0, 0.05) is 37.9 Å². The van der Waals surface area contributed by atoms with Crippen molar-refractivity contribution in [2.45, 2.75) is 32.4 Å². The highest BCUT2D eigenvalue weighted by Crippen LogP contribution is 2.24. The number of carbonyl (C=O) groups excluding carboxylic acids is 2. The summed E-state index contributed by atoms with van der Waals surface area (Å²) in [5, 5.41) is 3.26. The minimum Gasteiger partial charge on any atom is -0.374 e. The second-order valence-corrected chi connectivity index (χ2v) is 6.75. The average molecular weight is 351 g/mol. The van der Waals surface area contributed by atoms with Crippen LogP contribution in [-0.2, 0) is 16.1 Å². The lowest BCUT2D eigenvalue weighted by atomic mass is 10.2. The molecular formula is C21H25N3O2. The fourth-order valence-electron chi connectivity index (χ4n) is 3.26. The van der Waals surface area contributed by atoms with Crippen molar-refractivity contribution in [3.05, 3.63) is 60.2 Å². The van der Waals surface area contributed by atoms with Gasteiger partial charge >= 0.3 is 0 Å². The Morgan fingerprint density at radius 1 is 1.19 bits per heavy atom. The molecular weight excluding hydrogens is 326 g/mol. The molecule has 136 valence electrons. The van der Waals surface area contributed by atoms with Crippen LogP contribution in [0.15, 0.2) is 54.6 Å². The van der Waals surface area contributed by atoms with Gasteiger partial charge in [-0.2, -0.15) is 0 Å². The van der Waals surface area contributed by atoms with Crippen LogP contribution >= 0.6 is 0 Å². The van der Waals surface area contributed by atoms with E-state index < -0.39 is 0 Å².